The molecular weight excluding hydrogens is 448 g/mol. The minimum atomic E-state index is -3.92. The van der Waals surface area contributed by atoms with Crippen LogP contribution >= 0.6 is 0 Å². The van der Waals surface area contributed by atoms with E-state index in [0.29, 0.717) is 17.1 Å². The molecule has 1 atom stereocenters. The highest BCUT2D eigenvalue weighted by molar-refractivity contribution is 7.92. The summed E-state index contributed by atoms with van der Waals surface area (Å²) in [6.07, 6.45) is -1.01. The van der Waals surface area contributed by atoms with Gasteiger partial charge in [-0.1, -0.05) is 51.1 Å². The number of carbonyl (C=O) groups excluding carboxylic acids is 1. The molecule has 1 aliphatic heterocycles. The van der Waals surface area contributed by atoms with E-state index in [9.17, 15) is 13.2 Å². The Balaban J connectivity index is 1.73. The van der Waals surface area contributed by atoms with Crippen LogP contribution in [-0.2, 0) is 20.2 Å². The Morgan fingerprint density at radius 2 is 1.68 bits per heavy atom. The molecule has 0 saturated heterocycles. The number of sulfonamides is 1. The Kier molecular flexibility index (Phi) is 6.16. The second kappa shape index (κ2) is 8.80. The molecule has 34 heavy (non-hydrogen) atoms. The summed E-state index contributed by atoms with van der Waals surface area (Å²) in [7, 11) is -3.92. The lowest BCUT2D eigenvalue weighted by atomic mass is 9.86. The first-order chi connectivity index (χ1) is 16.0. The van der Waals surface area contributed by atoms with Crippen molar-refractivity contribution in [3.8, 4) is 5.75 Å². The lowest BCUT2D eigenvalue weighted by Crippen LogP contribution is -2.49. The highest BCUT2D eigenvalue weighted by Gasteiger charge is 2.38. The van der Waals surface area contributed by atoms with Crippen LogP contribution in [0.3, 0.4) is 0 Å². The fraction of sp³-hybridized carbons (Fsp3) is 0.296. The van der Waals surface area contributed by atoms with Crippen molar-refractivity contribution in [2.75, 3.05) is 16.2 Å². The van der Waals surface area contributed by atoms with Gasteiger partial charge in [0.25, 0.3) is 15.9 Å². The van der Waals surface area contributed by atoms with Crippen LogP contribution in [0.1, 0.15) is 37.5 Å². The molecule has 3 aromatic carbocycles. The summed E-state index contributed by atoms with van der Waals surface area (Å²) in [6.45, 7) is 10.0. The Morgan fingerprint density at radius 1 is 0.971 bits per heavy atom. The number of hydrogen-bond donors (Lipinski definition) is 1. The number of ether oxygens (including phenoxy) is 1. The number of aryl methyl sites for hydroxylation is 2. The van der Waals surface area contributed by atoms with Gasteiger partial charge in [0.1, 0.15) is 5.75 Å². The first-order valence-corrected chi connectivity index (χ1v) is 12.7. The molecule has 0 fully saturated rings. The van der Waals surface area contributed by atoms with Crippen molar-refractivity contribution >= 4 is 27.3 Å². The van der Waals surface area contributed by atoms with Crippen molar-refractivity contribution in [3.05, 3.63) is 83.4 Å². The minimum absolute atomic E-state index is 0.130. The molecule has 3 aromatic rings. The summed E-state index contributed by atoms with van der Waals surface area (Å²) in [5.74, 6) is -0.0407. The van der Waals surface area contributed by atoms with Gasteiger partial charge in [0.15, 0.2) is 6.10 Å². The molecule has 4 rings (SSSR count). The molecular formula is C27H30N2O4S. The van der Waals surface area contributed by atoms with E-state index in [-0.39, 0.29) is 16.9 Å². The number of anilines is 2. The SMILES string of the molecule is Cc1ccc(NC(=O)[C@@H]2CN(S(=O)(=O)c3ccccc3)c3cc(C(C)(C)C)ccc3O2)cc1C. The summed E-state index contributed by atoms with van der Waals surface area (Å²) in [6, 6.07) is 19.4. The van der Waals surface area contributed by atoms with Gasteiger partial charge >= 0.3 is 0 Å². The van der Waals surface area contributed by atoms with E-state index in [1.807, 2.05) is 44.2 Å². The number of fused-ring (bicyclic) bond motifs is 1. The average Bonchev–Trinajstić information content (AvgIpc) is 2.80. The Morgan fingerprint density at radius 3 is 2.32 bits per heavy atom. The summed E-state index contributed by atoms with van der Waals surface area (Å²) in [5.41, 5.74) is 4.04. The standard InChI is InChI=1S/C27H30N2O4S/c1-18-11-13-21(15-19(18)2)28-26(30)25-17-29(34(31,32)22-9-7-6-8-10-22)23-16-20(27(3,4)5)12-14-24(23)33-25/h6-16,25H,17H2,1-5H3,(H,28,30)/t25-/m0/s1. The normalized spacial score (nSPS) is 15.9. The van der Waals surface area contributed by atoms with Gasteiger partial charge < -0.3 is 10.1 Å². The van der Waals surface area contributed by atoms with Gasteiger partial charge in [-0.3, -0.25) is 9.10 Å². The van der Waals surface area contributed by atoms with Gasteiger partial charge in [-0.25, -0.2) is 8.42 Å². The maximum absolute atomic E-state index is 13.7. The van der Waals surface area contributed by atoms with E-state index >= 15 is 0 Å². The maximum Gasteiger partial charge on any atom is 0.267 e. The van der Waals surface area contributed by atoms with Crippen LogP contribution in [0.2, 0.25) is 0 Å². The van der Waals surface area contributed by atoms with Crippen molar-refractivity contribution in [2.45, 2.75) is 51.0 Å². The van der Waals surface area contributed by atoms with Crippen LogP contribution in [-0.4, -0.2) is 27.0 Å². The van der Waals surface area contributed by atoms with Crippen LogP contribution in [0, 0.1) is 13.8 Å². The molecule has 178 valence electrons. The van der Waals surface area contributed by atoms with Crippen molar-refractivity contribution in [1.82, 2.24) is 0 Å². The highest BCUT2D eigenvalue weighted by atomic mass is 32.2. The molecule has 0 bridgehead atoms. The summed E-state index contributed by atoms with van der Waals surface area (Å²) < 4.78 is 34.6. The average molecular weight is 479 g/mol. The zero-order chi connectivity index (χ0) is 24.7. The lowest BCUT2D eigenvalue weighted by Gasteiger charge is -2.36. The molecule has 0 aliphatic carbocycles. The number of hydrogen-bond acceptors (Lipinski definition) is 4. The largest absolute Gasteiger partial charge is 0.476 e. The Hall–Kier alpha value is -3.32. The van der Waals surface area contributed by atoms with Gasteiger partial charge in [-0.15, -0.1) is 0 Å². The molecule has 0 unspecified atom stereocenters. The monoisotopic (exact) mass is 478 g/mol. The van der Waals surface area contributed by atoms with Crippen molar-refractivity contribution in [2.24, 2.45) is 0 Å². The summed E-state index contributed by atoms with van der Waals surface area (Å²) >= 11 is 0. The number of nitrogens with one attached hydrogen (secondary N) is 1. The van der Waals surface area contributed by atoms with Crippen LogP contribution in [0.25, 0.3) is 0 Å². The third-order valence-corrected chi connectivity index (χ3v) is 7.89. The zero-order valence-corrected chi connectivity index (χ0v) is 20.9. The summed E-state index contributed by atoms with van der Waals surface area (Å²) in [4.78, 5) is 13.3. The molecule has 1 amide bonds. The van der Waals surface area contributed by atoms with Crippen LogP contribution < -0.4 is 14.4 Å². The highest BCUT2D eigenvalue weighted by Crippen LogP contribution is 2.40. The van der Waals surface area contributed by atoms with Gasteiger partial charge in [-0.05, 0) is 72.4 Å². The first-order valence-electron chi connectivity index (χ1n) is 11.2. The van der Waals surface area contributed by atoms with Crippen molar-refractivity contribution in [3.63, 3.8) is 0 Å². The van der Waals surface area contributed by atoms with E-state index in [1.54, 1.807) is 36.4 Å². The molecule has 0 spiro atoms. The third-order valence-electron chi connectivity index (χ3n) is 6.09. The predicted molar refractivity (Wildman–Crippen MR) is 135 cm³/mol. The quantitative estimate of drug-likeness (QED) is 0.560. The molecule has 0 saturated carbocycles. The van der Waals surface area contributed by atoms with Gasteiger partial charge in [0, 0.05) is 5.69 Å². The van der Waals surface area contributed by atoms with Gasteiger partial charge in [0.2, 0.25) is 0 Å². The topological polar surface area (TPSA) is 75.7 Å². The maximum atomic E-state index is 13.7. The minimum Gasteiger partial charge on any atom is -0.476 e. The van der Waals surface area contributed by atoms with E-state index in [4.69, 9.17) is 4.74 Å². The Labute approximate surface area is 201 Å². The van der Waals surface area contributed by atoms with Crippen molar-refractivity contribution in [1.29, 1.82) is 0 Å². The third kappa shape index (κ3) is 4.66. The van der Waals surface area contributed by atoms with Gasteiger partial charge in [0.05, 0.1) is 17.1 Å². The van der Waals surface area contributed by atoms with Crippen LogP contribution in [0.5, 0.6) is 5.75 Å². The smallest absolute Gasteiger partial charge is 0.267 e. The predicted octanol–water partition coefficient (Wildman–Crippen LogP) is 5.20. The number of rotatable bonds is 4. The number of nitrogens with zero attached hydrogens (tertiary/aromatic N) is 1. The molecule has 7 heteroatoms. The van der Waals surface area contributed by atoms with E-state index < -0.39 is 22.0 Å². The van der Waals surface area contributed by atoms with E-state index in [2.05, 4.69) is 26.1 Å². The zero-order valence-electron chi connectivity index (χ0n) is 20.1. The van der Waals surface area contributed by atoms with E-state index in [1.165, 1.54) is 4.31 Å². The van der Waals surface area contributed by atoms with Crippen molar-refractivity contribution < 1.29 is 17.9 Å². The molecule has 1 N–H and O–H groups in total. The molecule has 0 radical (unpaired) electrons. The molecule has 1 aliphatic rings. The fourth-order valence-electron chi connectivity index (χ4n) is 3.84. The summed E-state index contributed by atoms with van der Waals surface area (Å²) in [5, 5.41) is 2.87. The molecule has 0 aromatic heterocycles. The second-order valence-electron chi connectivity index (χ2n) is 9.68. The fourth-order valence-corrected chi connectivity index (χ4v) is 5.33. The molecule has 1 heterocycles. The first kappa shape index (κ1) is 23.8. The number of benzene rings is 3. The lowest BCUT2D eigenvalue weighted by molar-refractivity contribution is -0.122. The number of amides is 1. The number of carbonyl (C=O) groups is 1. The Bertz CT molecular complexity index is 1330. The van der Waals surface area contributed by atoms with Crippen LogP contribution in [0.4, 0.5) is 11.4 Å². The molecule has 6 nitrogen and oxygen atoms in total. The second-order valence-corrected chi connectivity index (χ2v) is 11.5. The van der Waals surface area contributed by atoms with E-state index in [0.717, 1.165) is 16.7 Å². The van der Waals surface area contributed by atoms with Crippen LogP contribution in [0.15, 0.2) is 71.6 Å². The van der Waals surface area contributed by atoms with Gasteiger partial charge in [-0.2, -0.15) is 0 Å².